The first kappa shape index (κ1) is 14.0. The molecule has 3 rings (SSSR count). The Hall–Kier alpha value is -1.99. The highest BCUT2D eigenvalue weighted by Gasteiger charge is 2.18. The van der Waals surface area contributed by atoms with Gasteiger partial charge in [-0.05, 0) is 24.6 Å². The Morgan fingerprint density at radius 3 is 2.86 bits per heavy atom. The molecule has 3 N–H and O–H groups in total. The van der Waals surface area contributed by atoms with E-state index in [2.05, 4.69) is 31.2 Å². The van der Waals surface area contributed by atoms with Gasteiger partial charge >= 0.3 is 0 Å². The van der Waals surface area contributed by atoms with Crippen molar-refractivity contribution in [3.05, 3.63) is 45.5 Å². The Bertz CT molecular complexity index is 846. The molecule has 0 aliphatic carbocycles. The number of aryl methyl sites for hydroxylation is 1. The first-order chi connectivity index (χ1) is 10.1. The van der Waals surface area contributed by atoms with E-state index in [4.69, 9.17) is 5.73 Å². The lowest BCUT2D eigenvalue weighted by molar-refractivity contribution is 0.103. The van der Waals surface area contributed by atoms with Crippen molar-refractivity contribution in [2.45, 2.75) is 6.92 Å². The van der Waals surface area contributed by atoms with Crippen LogP contribution in [0.1, 0.15) is 15.2 Å². The standard InChI is InChI=1S/C14H11BrN4OS/c1-7-2-3-8(15)6-9(7)19-13(20)12-10(16)11-14(21-12)18-5-4-17-11/h2-6H,16H2,1H3,(H,19,20). The SMILES string of the molecule is Cc1ccc(Br)cc1NC(=O)c1sc2nccnc2c1N. The maximum atomic E-state index is 12.4. The molecule has 0 unspecified atom stereocenters. The number of fused-ring (bicyclic) bond motifs is 1. The van der Waals surface area contributed by atoms with Crippen LogP contribution in [0.3, 0.4) is 0 Å². The first-order valence-electron chi connectivity index (χ1n) is 6.13. The van der Waals surface area contributed by atoms with E-state index >= 15 is 0 Å². The molecule has 7 heteroatoms. The second-order valence-electron chi connectivity index (χ2n) is 4.47. The smallest absolute Gasteiger partial charge is 0.268 e. The van der Waals surface area contributed by atoms with Crippen molar-refractivity contribution in [3.63, 3.8) is 0 Å². The summed E-state index contributed by atoms with van der Waals surface area (Å²) in [6, 6.07) is 5.71. The lowest BCUT2D eigenvalue weighted by Gasteiger charge is -2.08. The van der Waals surface area contributed by atoms with Gasteiger partial charge in [0.1, 0.15) is 15.2 Å². The summed E-state index contributed by atoms with van der Waals surface area (Å²) in [6.45, 7) is 1.93. The minimum atomic E-state index is -0.251. The number of benzene rings is 1. The number of anilines is 2. The van der Waals surface area contributed by atoms with E-state index < -0.39 is 0 Å². The predicted octanol–water partition coefficient (Wildman–Crippen LogP) is 3.60. The number of aromatic nitrogens is 2. The molecule has 1 amide bonds. The highest BCUT2D eigenvalue weighted by Crippen LogP contribution is 2.31. The van der Waals surface area contributed by atoms with Crippen LogP contribution in [0.2, 0.25) is 0 Å². The van der Waals surface area contributed by atoms with Crippen LogP contribution in [0.4, 0.5) is 11.4 Å². The van der Waals surface area contributed by atoms with Gasteiger partial charge in [0.25, 0.3) is 5.91 Å². The molecule has 3 aromatic rings. The van der Waals surface area contributed by atoms with Gasteiger partial charge in [0.15, 0.2) is 0 Å². The van der Waals surface area contributed by atoms with Crippen molar-refractivity contribution in [1.29, 1.82) is 0 Å². The number of carbonyl (C=O) groups is 1. The molecule has 0 spiro atoms. The molecule has 2 aromatic heterocycles. The fourth-order valence-electron chi connectivity index (χ4n) is 1.92. The Kier molecular flexibility index (Phi) is 3.60. The van der Waals surface area contributed by atoms with Crippen molar-refractivity contribution >= 4 is 54.9 Å². The van der Waals surface area contributed by atoms with Crippen molar-refractivity contribution in [2.24, 2.45) is 0 Å². The van der Waals surface area contributed by atoms with E-state index in [-0.39, 0.29) is 5.91 Å². The van der Waals surface area contributed by atoms with Crippen molar-refractivity contribution < 1.29 is 4.79 Å². The van der Waals surface area contributed by atoms with Gasteiger partial charge in [-0.15, -0.1) is 11.3 Å². The summed E-state index contributed by atoms with van der Waals surface area (Å²) in [7, 11) is 0. The van der Waals surface area contributed by atoms with E-state index in [1.807, 2.05) is 25.1 Å². The summed E-state index contributed by atoms with van der Waals surface area (Å²) in [5.41, 5.74) is 8.65. The molecule has 0 radical (unpaired) electrons. The normalized spacial score (nSPS) is 10.8. The number of carbonyl (C=O) groups excluding carboxylic acids is 1. The topological polar surface area (TPSA) is 80.9 Å². The summed E-state index contributed by atoms with van der Waals surface area (Å²) >= 11 is 4.63. The number of nitrogen functional groups attached to an aromatic ring is 1. The summed E-state index contributed by atoms with van der Waals surface area (Å²) < 4.78 is 0.899. The number of thiophene rings is 1. The monoisotopic (exact) mass is 362 g/mol. The molecule has 0 saturated heterocycles. The molecule has 21 heavy (non-hydrogen) atoms. The number of nitrogens with one attached hydrogen (secondary N) is 1. The summed E-state index contributed by atoms with van der Waals surface area (Å²) in [6.07, 6.45) is 3.14. The quantitative estimate of drug-likeness (QED) is 0.729. The Labute approximate surface area is 133 Å². The molecule has 106 valence electrons. The van der Waals surface area contributed by atoms with Gasteiger partial charge < -0.3 is 11.1 Å². The first-order valence-corrected chi connectivity index (χ1v) is 7.73. The molecule has 2 heterocycles. The van der Waals surface area contributed by atoms with Gasteiger partial charge in [-0.25, -0.2) is 9.97 Å². The molecule has 5 nitrogen and oxygen atoms in total. The Morgan fingerprint density at radius 2 is 2.10 bits per heavy atom. The number of halogens is 1. The molecule has 0 saturated carbocycles. The van der Waals surface area contributed by atoms with Crippen LogP contribution in [-0.4, -0.2) is 15.9 Å². The summed E-state index contributed by atoms with van der Waals surface area (Å²) in [5, 5.41) is 2.88. The van der Waals surface area contributed by atoms with Crippen LogP contribution in [0.5, 0.6) is 0 Å². The molecule has 0 aliphatic heterocycles. The zero-order valence-corrected chi connectivity index (χ0v) is 13.5. The molecule has 1 aromatic carbocycles. The molecule has 0 fully saturated rings. The summed E-state index contributed by atoms with van der Waals surface area (Å²) in [4.78, 5) is 21.8. The summed E-state index contributed by atoms with van der Waals surface area (Å²) in [5.74, 6) is -0.251. The Balaban J connectivity index is 1.97. The van der Waals surface area contributed by atoms with Crippen LogP contribution in [0.25, 0.3) is 10.3 Å². The second-order valence-corrected chi connectivity index (χ2v) is 6.38. The number of hydrogen-bond donors (Lipinski definition) is 2. The maximum Gasteiger partial charge on any atom is 0.268 e. The van der Waals surface area contributed by atoms with E-state index in [9.17, 15) is 4.79 Å². The Morgan fingerprint density at radius 1 is 1.33 bits per heavy atom. The third kappa shape index (κ3) is 2.62. The maximum absolute atomic E-state index is 12.4. The van der Waals surface area contributed by atoms with Crippen LogP contribution in [0.15, 0.2) is 35.1 Å². The number of nitrogens with two attached hydrogens (primary N) is 1. The predicted molar refractivity (Wildman–Crippen MR) is 88.7 cm³/mol. The van der Waals surface area contributed by atoms with E-state index in [0.717, 1.165) is 15.7 Å². The fraction of sp³-hybridized carbons (Fsp3) is 0.0714. The number of hydrogen-bond acceptors (Lipinski definition) is 5. The number of nitrogens with zero attached hydrogens (tertiary/aromatic N) is 2. The van der Waals surface area contributed by atoms with E-state index in [0.29, 0.717) is 20.9 Å². The minimum Gasteiger partial charge on any atom is -0.396 e. The van der Waals surface area contributed by atoms with Crippen molar-refractivity contribution in [3.8, 4) is 0 Å². The van der Waals surface area contributed by atoms with E-state index in [1.54, 1.807) is 12.4 Å². The largest absolute Gasteiger partial charge is 0.396 e. The third-order valence-electron chi connectivity index (χ3n) is 3.02. The molecule has 0 atom stereocenters. The van der Waals surface area contributed by atoms with Crippen molar-refractivity contribution in [2.75, 3.05) is 11.1 Å². The van der Waals surface area contributed by atoms with Gasteiger partial charge in [0.2, 0.25) is 0 Å². The average Bonchev–Trinajstić information content (AvgIpc) is 2.81. The highest BCUT2D eigenvalue weighted by molar-refractivity contribution is 9.10. The van der Waals surface area contributed by atoms with Gasteiger partial charge in [-0.3, -0.25) is 4.79 Å². The van der Waals surface area contributed by atoms with Crippen LogP contribution in [-0.2, 0) is 0 Å². The molecular formula is C14H11BrN4OS. The molecule has 0 aliphatic rings. The van der Waals surface area contributed by atoms with Crippen LogP contribution in [0, 0.1) is 6.92 Å². The lowest BCUT2D eigenvalue weighted by atomic mass is 10.2. The number of amides is 1. The van der Waals surface area contributed by atoms with Gasteiger partial charge in [-0.1, -0.05) is 22.0 Å². The minimum absolute atomic E-state index is 0.251. The van der Waals surface area contributed by atoms with Crippen molar-refractivity contribution in [1.82, 2.24) is 9.97 Å². The third-order valence-corrected chi connectivity index (χ3v) is 4.61. The zero-order valence-electron chi connectivity index (χ0n) is 11.1. The molecule has 0 bridgehead atoms. The van der Waals surface area contributed by atoms with Gasteiger partial charge in [-0.2, -0.15) is 0 Å². The highest BCUT2D eigenvalue weighted by atomic mass is 79.9. The van der Waals surface area contributed by atoms with Gasteiger partial charge in [0, 0.05) is 22.6 Å². The molecular weight excluding hydrogens is 352 g/mol. The average molecular weight is 363 g/mol. The fourth-order valence-corrected chi connectivity index (χ4v) is 3.20. The van der Waals surface area contributed by atoms with E-state index in [1.165, 1.54) is 11.3 Å². The van der Waals surface area contributed by atoms with Crippen LogP contribution < -0.4 is 11.1 Å². The number of rotatable bonds is 2. The van der Waals surface area contributed by atoms with Gasteiger partial charge in [0.05, 0.1) is 5.69 Å². The second kappa shape index (κ2) is 5.42. The zero-order chi connectivity index (χ0) is 15.0. The van der Waals surface area contributed by atoms with Crippen LogP contribution >= 0.6 is 27.3 Å². The lowest BCUT2D eigenvalue weighted by Crippen LogP contribution is -2.12.